The van der Waals surface area contributed by atoms with E-state index in [1.54, 1.807) is 31.2 Å². The summed E-state index contributed by atoms with van der Waals surface area (Å²) in [6, 6.07) is 6.64. The Morgan fingerprint density at radius 1 is 1.41 bits per heavy atom. The van der Waals surface area contributed by atoms with Crippen LogP contribution < -0.4 is 11.1 Å². The van der Waals surface area contributed by atoms with E-state index in [4.69, 9.17) is 15.2 Å². The molecule has 0 aromatic heterocycles. The minimum absolute atomic E-state index is 0. The Hall–Kier alpha value is -1.63. The summed E-state index contributed by atoms with van der Waals surface area (Å²) in [6.45, 7) is 2.47. The van der Waals surface area contributed by atoms with E-state index >= 15 is 0 Å². The SMILES string of the molecule is CCOC(=O)c1cccc(NC(=O)[C@@H]2CC[C@H](CN)O2)c1.Cl. The first-order valence-corrected chi connectivity index (χ1v) is 7.07. The normalized spacial score (nSPS) is 20.1. The second kappa shape index (κ2) is 8.73. The van der Waals surface area contributed by atoms with E-state index in [9.17, 15) is 9.59 Å². The van der Waals surface area contributed by atoms with Gasteiger partial charge < -0.3 is 20.5 Å². The standard InChI is InChI=1S/C15H20N2O4.ClH/c1-2-20-15(19)10-4-3-5-11(8-10)17-14(18)13-7-6-12(9-16)21-13;/h3-5,8,12-13H,2,6-7,9,16H2,1H3,(H,17,18);1H/t12-,13+;/m1./s1. The lowest BCUT2D eigenvalue weighted by molar-refractivity contribution is -0.126. The summed E-state index contributed by atoms with van der Waals surface area (Å²) < 4.78 is 10.5. The molecule has 0 unspecified atom stereocenters. The molecule has 1 saturated heterocycles. The molecule has 0 bridgehead atoms. The van der Waals surface area contributed by atoms with Gasteiger partial charge in [0.25, 0.3) is 5.91 Å². The molecule has 0 radical (unpaired) electrons. The van der Waals surface area contributed by atoms with E-state index < -0.39 is 12.1 Å². The van der Waals surface area contributed by atoms with Crippen molar-refractivity contribution < 1.29 is 19.1 Å². The Kier molecular flexibility index (Phi) is 7.31. The quantitative estimate of drug-likeness (QED) is 0.803. The fourth-order valence-corrected chi connectivity index (χ4v) is 2.23. The third kappa shape index (κ3) is 4.69. The van der Waals surface area contributed by atoms with Crippen molar-refractivity contribution in [3.05, 3.63) is 29.8 Å². The summed E-state index contributed by atoms with van der Waals surface area (Å²) in [5.74, 6) is -0.624. The predicted octanol–water partition coefficient (Wildman–Crippen LogP) is 1.73. The Balaban J connectivity index is 0.00000242. The Morgan fingerprint density at radius 2 is 2.18 bits per heavy atom. The second-order valence-electron chi connectivity index (χ2n) is 4.85. The van der Waals surface area contributed by atoms with Crippen molar-refractivity contribution in [1.82, 2.24) is 0 Å². The third-order valence-corrected chi connectivity index (χ3v) is 3.30. The van der Waals surface area contributed by atoms with Crippen LogP contribution in [0, 0.1) is 0 Å². The number of amides is 1. The molecule has 1 heterocycles. The van der Waals surface area contributed by atoms with E-state index in [0.29, 0.717) is 30.8 Å². The topological polar surface area (TPSA) is 90.7 Å². The van der Waals surface area contributed by atoms with Gasteiger partial charge in [0.05, 0.1) is 18.3 Å². The molecule has 0 aliphatic carbocycles. The van der Waals surface area contributed by atoms with Crippen LogP contribution in [-0.4, -0.2) is 37.2 Å². The van der Waals surface area contributed by atoms with Gasteiger partial charge >= 0.3 is 5.97 Å². The van der Waals surface area contributed by atoms with Gasteiger partial charge in [0.2, 0.25) is 0 Å². The number of anilines is 1. The number of hydrogen-bond acceptors (Lipinski definition) is 5. The molecule has 0 spiro atoms. The Labute approximate surface area is 135 Å². The lowest BCUT2D eigenvalue weighted by Crippen LogP contribution is -2.29. The summed E-state index contributed by atoms with van der Waals surface area (Å²) in [4.78, 5) is 23.7. The lowest BCUT2D eigenvalue weighted by Gasteiger charge is -2.13. The van der Waals surface area contributed by atoms with Gasteiger partial charge in [0.1, 0.15) is 6.10 Å². The number of hydrogen-bond donors (Lipinski definition) is 2. The largest absolute Gasteiger partial charge is 0.462 e. The highest BCUT2D eigenvalue weighted by molar-refractivity contribution is 5.96. The molecule has 1 aliphatic heterocycles. The first kappa shape index (κ1) is 18.4. The predicted molar refractivity (Wildman–Crippen MR) is 85.2 cm³/mol. The zero-order chi connectivity index (χ0) is 15.2. The van der Waals surface area contributed by atoms with Crippen LogP contribution in [0.1, 0.15) is 30.1 Å². The maximum atomic E-state index is 12.1. The van der Waals surface area contributed by atoms with Crippen molar-refractivity contribution in [1.29, 1.82) is 0 Å². The smallest absolute Gasteiger partial charge is 0.338 e. The molecule has 22 heavy (non-hydrogen) atoms. The molecule has 1 aromatic carbocycles. The second-order valence-corrected chi connectivity index (χ2v) is 4.85. The number of carbonyl (C=O) groups excluding carboxylic acids is 2. The molecular weight excluding hydrogens is 308 g/mol. The van der Waals surface area contributed by atoms with E-state index in [1.807, 2.05) is 0 Å². The van der Waals surface area contributed by atoms with Crippen molar-refractivity contribution in [2.24, 2.45) is 5.73 Å². The maximum absolute atomic E-state index is 12.1. The summed E-state index contributed by atoms with van der Waals surface area (Å²) in [5.41, 5.74) is 6.47. The van der Waals surface area contributed by atoms with E-state index in [1.165, 1.54) is 0 Å². The first-order chi connectivity index (χ1) is 10.1. The van der Waals surface area contributed by atoms with Gasteiger partial charge in [0, 0.05) is 12.2 Å². The number of carbonyl (C=O) groups is 2. The number of ether oxygens (including phenoxy) is 2. The van der Waals surface area contributed by atoms with Gasteiger partial charge in [-0.15, -0.1) is 12.4 Å². The van der Waals surface area contributed by atoms with Gasteiger partial charge in [-0.2, -0.15) is 0 Å². The molecule has 1 amide bonds. The van der Waals surface area contributed by atoms with E-state index in [-0.39, 0.29) is 24.4 Å². The van der Waals surface area contributed by atoms with Gasteiger partial charge in [-0.05, 0) is 38.0 Å². The molecule has 2 rings (SSSR count). The third-order valence-electron chi connectivity index (χ3n) is 3.30. The summed E-state index contributed by atoms with van der Waals surface area (Å²) in [7, 11) is 0. The van der Waals surface area contributed by atoms with Crippen LogP contribution >= 0.6 is 12.4 Å². The van der Waals surface area contributed by atoms with Crippen molar-refractivity contribution in [3.63, 3.8) is 0 Å². The van der Waals surface area contributed by atoms with Crippen molar-refractivity contribution in [2.75, 3.05) is 18.5 Å². The number of halogens is 1. The highest BCUT2D eigenvalue weighted by Gasteiger charge is 2.29. The highest BCUT2D eigenvalue weighted by atomic mass is 35.5. The van der Waals surface area contributed by atoms with E-state index in [2.05, 4.69) is 5.32 Å². The lowest BCUT2D eigenvalue weighted by atomic mass is 10.1. The first-order valence-electron chi connectivity index (χ1n) is 7.07. The van der Waals surface area contributed by atoms with Gasteiger partial charge in [-0.3, -0.25) is 4.79 Å². The molecule has 2 atom stereocenters. The molecule has 7 heteroatoms. The summed E-state index contributed by atoms with van der Waals surface area (Å²) in [5, 5.41) is 2.75. The van der Waals surface area contributed by atoms with Crippen LogP contribution in [0.25, 0.3) is 0 Å². The molecule has 1 aliphatic rings. The van der Waals surface area contributed by atoms with Crippen LogP contribution in [0.15, 0.2) is 24.3 Å². The fourth-order valence-electron chi connectivity index (χ4n) is 2.23. The maximum Gasteiger partial charge on any atom is 0.338 e. The molecular formula is C15H21ClN2O4. The number of benzene rings is 1. The average Bonchev–Trinajstić information content (AvgIpc) is 2.97. The molecule has 3 N–H and O–H groups in total. The van der Waals surface area contributed by atoms with Crippen molar-refractivity contribution in [3.8, 4) is 0 Å². The number of rotatable bonds is 5. The molecule has 6 nitrogen and oxygen atoms in total. The summed E-state index contributed by atoms with van der Waals surface area (Å²) >= 11 is 0. The Morgan fingerprint density at radius 3 is 2.82 bits per heavy atom. The molecule has 1 aromatic rings. The molecule has 122 valence electrons. The molecule has 1 fully saturated rings. The van der Waals surface area contributed by atoms with Gasteiger partial charge in [-0.1, -0.05) is 6.07 Å². The van der Waals surface area contributed by atoms with E-state index in [0.717, 1.165) is 6.42 Å². The minimum atomic E-state index is -0.482. The summed E-state index contributed by atoms with van der Waals surface area (Å²) in [6.07, 6.45) is 0.916. The van der Waals surface area contributed by atoms with Crippen LogP contribution in [0.4, 0.5) is 5.69 Å². The number of nitrogens with two attached hydrogens (primary N) is 1. The van der Waals surface area contributed by atoms with Gasteiger partial charge in [0.15, 0.2) is 0 Å². The number of esters is 1. The zero-order valence-electron chi connectivity index (χ0n) is 12.4. The molecule has 0 saturated carbocycles. The van der Waals surface area contributed by atoms with Gasteiger partial charge in [-0.25, -0.2) is 4.79 Å². The van der Waals surface area contributed by atoms with Crippen LogP contribution in [-0.2, 0) is 14.3 Å². The monoisotopic (exact) mass is 328 g/mol. The van der Waals surface area contributed by atoms with Crippen LogP contribution in [0.5, 0.6) is 0 Å². The highest BCUT2D eigenvalue weighted by Crippen LogP contribution is 2.21. The van der Waals surface area contributed by atoms with Crippen molar-refractivity contribution >= 4 is 30.0 Å². The average molecular weight is 329 g/mol. The fraction of sp³-hybridized carbons (Fsp3) is 0.467. The van der Waals surface area contributed by atoms with Crippen LogP contribution in [0.2, 0.25) is 0 Å². The minimum Gasteiger partial charge on any atom is -0.462 e. The van der Waals surface area contributed by atoms with Crippen molar-refractivity contribution in [2.45, 2.75) is 32.0 Å². The Bertz CT molecular complexity index is 524. The zero-order valence-corrected chi connectivity index (χ0v) is 13.2. The number of nitrogens with one attached hydrogen (secondary N) is 1. The van der Waals surface area contributed by atoms with Crippen LogP contribution in [0.3, 0.4) is 0 Å².